The van der Waals surface area contributed by atoms with Gasteiger partial charge in [-0.3, -0.25) is 14.8 Å². The average molecular weight is 336 g/mol. The first-order valence-electron chi connectivity index (χ1n) is 7.04. The number of rotatable bonds is 5. The summed E-state index contributed by atoms with van der Waals surface area (Å²) < 4.78 is 1.74. The van der Waals surface area contributed by atoms with Gasteiger partial charge in [0.25, 0.3) is 0 Å². The van der Waals surface area contributed by atoms with Crippen LogP contribution in [0.1, 0.15) is 12.5 Å². The monoisotopic (exact) mass is 335 g/mol. The molecule has 2 rings (SSSR count). The largest absolute Gasteiger partial charge is 0.371 e. The number of nitrogens with one attached hydrogen (secondary N) is 3. The third-order valence-electron chi connectivity index (χ3n) is 3.13. The normalized spacial score (nSPS) is 11.6. The van der Waals surface area contributed by atoms with E-state index in [2.05, 4.69) is 21.0 Å². The number of hydrogen-bond donors (Lipinski definition) is 3. The van der Waals surface area contributed by atoms with Crippen molar-refractivity contribution < 1.29 is 9.59 Å². The lowest BCUT2D eigenvalue weighted by Crippen LogP contribution is -2.44. The smallest absolute Gasteiger partial charge is 0.321 e. The van der Waals surface area contributed by atoms with E-state index in [-0.39, 0.29) is 0 Å². The van der Waals surface area contributed by atoms with Crippen LogP contribution in [0, 0.1) is 0 Å². The summed E-state index contributed by atoms with van der Waals surface area (Å²) in [6.45, 7) is 2.26. The topological polar surface area (TPSA) is 88.1 Å². The Balaban J connectivity index is 1.92. The van der Waals surface area contributed by atoms with Gasteiger partial charge in [-0.1, -0.05) is 23.7 Å². The Bertz CT molecular complexity index is 683. The molecule has 8 heteroatoms. The third kappa shape index (κ3) is 5.00. The molecule has 0 spiro atoms. The highest BCUT2D eigenvalue weighted by molar-refractivity contribution is 6.30. The van der Waals surface area contributed by atoms with Crippen molar-refractivity contribution in [3.05, 3.63) is 47.2 Å². The molecule has 0 aliphatic heterocycles. The predicted octanol–water partition coefficient (Wildman–Crippen LogP) is 1.84. The molecular formula is C15H18ClN5O2. The van der Waals surface area contributed by atoms with Gasteiger partial charge in [0.05, 0.1) is 18.4 Å². The Morgan fingerprint density at radius 3 is 2.65 bits per heavy atom. The Morgan fingerprint density at radius 1 is 1.30 bits per heavy atom. The third-order valence-corrected chi connectivity index (χ3v) is 3.38. The summed E-state index contributed by atoms with van der Waals surface area (Å²) in [5.41, 5.74) is 1.76. The fourth-order valence-electron chi connectivity index (χ4n) is 1.90. The number of nitrogens with zero attached hydrogens (tertiary/aromatic N) is 2. The first kappa shape index (κ1) is 16.8. The van der Waals surface area contributed by atoms with Gasteiger partial charge in [-0.05, 0) is 24.6 Å². The number of benzene rings is 1. The number of halogens is 1. The summed E-state index contributed by atoms with van der Waals surface area (Å²) in [6.07, 6.45) is 3.41. The van der Waals surface area contributed by atoms with Crippen molar-refractivity contribution in [3.8, 4) is 0 Å². The Kier molecular flexibility index (Phi) is 5.59. The molecule has 1 atom stereocenters. The van der Waals surface area contributed by atoms with Crippen molar-refractivity contribution in [1.82, 2.24) is 20.4 Å². The maximum Gasteiger partial charge on any atom is 0.321 e. The molecule has 0 fully saturated rings. The molecule has 0 unspecified atom stereocenters. The van der Waals surface area contributed by atoms with Crippen molar-refractivity contribution in [1.29, 1.82) is 0 Å². The molecule has 1 aromatic carbocycles. The quantitative estimate of drug-likeness (QED) is 0.778. The van der Waals surface area contributed by atoms with Crippen LogP contribution >= 0.6 is 11.6 Å². The number of hydrogen-bond acceptors (Lipinski definition) is 4. The van der Waals surface area contributed by atoms with Crippen molar-refractivity contribution in [2.45, 2.75) is 19.5 Å². The second-order valence-electron chi connectivity index (χ2n) is 4.99. The number of urea groups is 1. The van der Waals surface area contributed by atoms with Crippen LogP contribution < -0.4 is 16.0 Å². The summed E-state index contributed by atoms with van der Waals surface area (Å²) >= 11 is 5.85. The van der Waals surface area contributed by atoms with Gasteiger partial charge in [0.2, 0.25) is 5.91 Å². The van der Waals surface area contributed by atoms with Gasteiger partial charge in [0.1, 0.15) is 6.04 Å². The van der Waals surface area contributed by atoms with Gasteiger partial charge in [0.15, 0.2) is 0 Å². The molecule has 23 heavy (non-hydrogen) atoms. The van der Waals surface area contributed by atoms with Gasteiger partial charge < -0.3 is 10.6 Å². The maximum atomic E-state index is 11.8. The molecule has 3 N–H and O–H groups in total. The second kappa shape index (κ2) is 7.64. The standard InChI is InChI=1S/C15H18ClN5O2/c1-10(14(22)20-15(23)17-2)19-13-7-18-21(9-13)8-11-3-5-12(16)6-4-11/h3-7,9-10,19H,8H2,1-2H3,(H2,17,20,22,23)/t10-/m1/s1. The number of anilines is 1. The molecule has 1 aromatic heterocycles. The fraction of sp³-hybridized carbons (Fsp3) is 0.267. The van der Waals surface area contributed by atoms with E-state index in [1.807, 2.05) is 24.3 Å². The van der Waals surface area contributed by atoms with Crippen LogP contribution in [-0.4, -0.2) is 34.8 Å². The van der Waals surface area contributed by atoms with E-state index in [9.17, 15) is 9.59 Å². The van der Waals surface area contributed by atoms with E-state index in [1.165, 1.54) is 7.05 Å². The maximum absolute atomic E-state index is 11.8. The molecule has 0 saturated heterocycles. The van der Waals surface area contributed by atoms with E-state index in [4.69, 9.17) is 11.6 Å². The summed E-state index contributed by atoms with van der Waals surface area (Å²) in [4.78, 5) is 22.9. The highest BCUT2D eigenvalue weighted by atomic mass is 35.5. The molecule has 0 bridgehead atoms. The minimum atomic E-state index is -0.569. The fourth-order valence-corrected chi connectivity index (χ4v) is 2.03. The van der Waals surface area contributed by atoms with Crippen LogP contribution in [0.2, 0.25) is 5.02 Å². The molecular weight excluding hydrogens is 318 g/mol. The van der Waals surface area contributed by atoms with Crippen LogP contribution in [0.15, 0.2) is 36.7 Å². The molecule has 1 heterocycles. The molecule has 0 radical (unpaired) electrons. The Morgan fingerprint density at radius 2 is 2.00 bits per heavy atom. The van der Waals surface area contributed by atoms with Crippen LogP contribution in [0.4, 0.5) is 10.5 Å². The zero-order valence-electron chi connectivity index (χ0n) is 12.8. The molecule has 3 amide bonds. The van der Waals surface area contributed by atoms with Crippen molar-refractivity contribution in [3.63, 3.8) is 0 Å². The average Bonchev–Trinajstić information content (AvgIpc) is 2.96. The van der Waals surface area contributed by atoms with Crippen LogP contribution in [-0.2, 0) is 11.3 Å². The minimum Gasteiger partial charge on any atom is -0.371 e. The summed E-state index contributed by atoms with van der Waals surface area (Å²) in [7, 11) is 1.45. The molecule has 7 nitrogen and oxygen atoms in total. The number of amides is 3. The molecule has 0 aliphatic carbocycles. The first-order valence-corrected chi connectivity index (χ1v) is 7.41. The van der Waals surface area contributed by atoms with Crippen LogP contribution in [0.5, 0.6) is 0 Å². The summed E-state index contributed by atoms with van der Waals surface area (Å²) in [6, 6.07) is 6.39. The van der Waals surface area contributed by atoms with Gasteiger partial charge in [0, 0.05) is 18.3 Å². The number of imide groups is 1. The Hall–Kier alpha value is -2.54. The number of aromatic nitrogens is 2. The SMILES string of the molecule is CNC(=O)NC(=O)[C@@H](C)Nc1cnn(Cc2ccc(Cl)cc2)c1. The zero-order valence-corrected chi connectivity index (χ0v) is 13.6. The number of carbonyl (C=O) groups is 2. The van der Waals surface area contributed by atoms with E-state index in [0.717, 1.165) is 5.56 Å². The van der Waals surface area contributed by atoms with E-state index < -0.39 is 18.0 Å². The van der Waals surface area contributed by atoms with Crippen molar-refractivity contribution in [2.24, 2.45) is 0 Å². The van der Waals surface area contributed by atoms with Crippen molar-refractivity contribution >= 4 is 29.2 Å². The lowest BCUT2D eigenvalue weighted by atomic mass is 10.2. The van der Waals surface area contributed by atoms with Crippen molar-refractivity contribution in [2.75, 3.05) is 12.4 Å². The van der Waals surface area contributed by atoms with Crippen LogP contribution in [0.3, 0.4) is 0 Å². The predicted molar refractivity (Wildman–Crippen MR) is 88.5 cm³/mol. The molecule has 2 aromatic rings. The molecule has 122 valence electrons. The Labute approximate surface area is 139 Å². The van der Waals surface area contributed by atoms with Gasteiger partial charge in [-0.15, -0.1) is 0 Å². The van der Waals surface area contributed by atoms with E-state index in [1.54, 1.807) is 24.0 Å². The zero-order chi connectivity index (χ0) is 16.8. The van der Waals surface area contributed by atoms with Gasteiger partial charge >= 0.3 is 6.03 Å². The summed E-state index contributed by atoms with van der Waals surface area (Å²) in [5.74, 6) is -0.421. The number of carbonyl (C=O) groups excluding carboxylic acids is 2. The van der Waals surface area contributed by atoms with E-state index in [0.29, 0.717) is 17.3 Å². The lowest BCUT2D eigenvalue weighted by molar-refractivity contribution is -0.120. The highest BCUT2D eigenvalue weighted by Crippen LogP contribution is 2.12. The van der Waals surface area contributed by atoms with E-state index >= 15 is 0 Å². The second-order valence-corrected chi connectivity index (χ2v) is 5.42. The summed E-state index contributed by atoms with van der Waals surface area (Å²) in [5, 5.41) is 12.4. The van der Waals surface area contributed by atoms with Gasteiger partial charge in [-0.25, -0.2) is 4.79 Å². The molecule has 0 aliphatic rings. The first-order chi connectivity index (χ1) is 11.0. The lowest BCUT2D eigenvalue weighted by Gasteiger charge is -2.12. The van der Waals surface area contributed by atoms with Gasteiger partial charge in [-0.2, -0.15) is 5.10 Å². The molecule has 0 saturated carbocycles. The highest BCUT2D eigenvalue weighted by Gasteiger charge is 2.15. The minimum absolute atomic E-state index is 0.421. The van der Waals surface area contributed by atoms with Crippen LogP contribution in [0.25, 0.3) is 0 Å².